The highest BCUT2D eigenvalue weighted by atomic mass is 35.5. The molecule has 1 atom stereocenters. The van der Waals surface area contributed by atoms with E-state index in [0.29, 0.717) is 21.8 Å². The molecule has 1 unspecified atom stereocenters. The Hall–Kier alpha value is -2.66. The maximum Gasteiger partial charge on any atom is 0.339 e. The van der Waals surface area contributed by atoms with Gasteiger partial charge in [-0.05, 0) is 48.9 Å². The molecule has 1 aliphatic rings. The molecule has 0 bridgehead atoms. The van der Waals surface area contributed by atoms with E-state index in [1.54, 1.807) is 36.4 Å². The molecule has 0 aliphatic carbocycles. The number of anilines is 1. The number of hydrogen-bond donors (Lipinski definition) is 1. The lowest BCUT2D eigenvalue weighted by molar-refractivity contribution is -0.125. The molecule has 0 radical (unpaired) electrons. The number of carbonyl (C=O) groups is 3. The third-order valence-corrected chi connectivity index (χ3v) is 4.03. The maximum absolute atomic E-state index is 12.3. The van der Waals surface area contributed by atoms with E-state index in [1.807, 2.05) is 0 Å². The van der Waals surface area contributed by atoms with Crippen LogP contribution >= 0.6 is 11.6 Å². The number of amides is 1. The van der Waals surface area contributed by atoms with Gasteiger partial charge in [0, 0.05) is 22.7 Å². The highest BCUT2D eigenvalue weighted by molar-refractivity contribution is 6.31. The lowest BCUT2D eigenvalue weighted by Crippen LogP contribution is -2.38. The molecule has 24 heavy (non-hydrogen) atoms. The van der Waals surface area contributed by atoms with E-state index in [-0.39, 0.29) is 12.2 Å². The summed E-state index contributed by atoms with van der Waals surface area (Å²) >= 11 is 5.87. The van der Waals surface area contributed by atoms with Crippen molar-refractivity contribution < 1.29 is 19.1 Å². The highest BCUT2D eigenvalue weighted by Gasteiger charge is 2.31. The molecule has 0 saturated heterocycles. The first-order chi connectivity index (χ1) is 11.4. The van der Waals surface area contributed by atoms with E-state index in [2.05, 4.69) is 5.32 Å². The fourth-order valence-electron chi connectivity index (χ4n) is 2.51. The fraction of sp³-hybridized carbons (Fsp3) is 0.167. The SMILES string of the molecule is CC(=O)c1ccc(NC(=O)C2Cc3ccc(Cl)cc3C(=O)O2)cc1. The second-order valence-corrected chi connectivity index (χ2v) is 5.96. The van der Waals surface area contributed by atoms with Gasteiger partial charge >= 0.3 is 5.97 Å². The summed E-state index contributed by atoms with van der Waals surface area (Å²) in [4.78, 5) is 35.6. The topological polar surface area (TPSA) is 72.5 Å². The Morgan fingerprint density at radius 2 is 1.88 bits per heavy atom. The molecular weight excluding hydrogens is 330 g/mol. The van der Waals surface area contributed by atoms with Gasteiger partial charge in [-0.15, -0.1) is 0 Å². The minimum absolute atomic E-state index is 0.0515. The van der Waals surface area contributed by atoms with Gasteiger partial charge in [-0.2, -0.15) is 0 Å². The average molecular weight is 344 g/mol. The first kappa shape index (κ1) is 16.2. The summed E-state index contributed by atoms with van der Waals surface area (Å²) in [6.07, 6.45) is -0.617. The van der Waals surface area contributed by atoms with Crippen molar-refractivity contribution in [3.05, 3.63) is 64.2 Å². The number of rotatable bonds is 3. The number of cyclic esters (lactones) is 1. The second-order valence-electron chi connectivity index (χ2n) is 5.52. The van der Waals surface area contributed by atoms with Gasteiger partial charge in [0.2, 0.25) is 0 Å². The van der Waals surface area contributed by atoms with Gasteiger partial charge in [0.25, 0.3) is 5.91 Å². The predicted octanol–water partition coefficient (Wildman–Crippen LogP) is 3.26. The van der Waals surface area contributed by atoms with Gasteiger partial charge < -0.3 is 10.1 Å². The molecule has 0 aromatic heterocycles. The third kappa shape index (κ3) is 3.31. The number of benzene rings is 2. The molecule has 0 spiro atoms. The third-order valence-electron chi connectivity index (χ3n) is 3.80. The summed E-state index contributed by atoms with van der Waals surface area (Å²) in [7, 11) is 0. The quantitative estimate of drug-likeness (QED) is 0.685. The molecule has 1 amide bonds. The Bertz CT molecular complexity index is 829. The van der Waals surface area contributed by atoms with Gasteiger partial charge in [0.15, 0.2) is 11.9 Å². The monoisotopic (exact) mass is 343 g/mol. The summed E-state index contributed by atoms with van der Waals surface area (Å²) in [5.74, 6) is -1.03. The van der Waals surface area contributed by atoms with Gasteiger partial charge in [-0.25, -0.2) is 4.79 Å². The average Bonchev–Trinajstić information content (AvgIpc) is 2.55. The molecule has 1 heterocycles. The van der Waals surface area contributed by atoms with Crippen molar-refractivity contribution in [1.29, 1.82) is 0 Å². The number of ether oxygens (including phenoxy) is 1. The minimum atomic E-state index is -0.904. The predicted molar refractivity (Wildman–Crippen MR) is 89.4 cm³/mol. The Kier molecular flexibility index (Phi) is 4.36. The Balaban J connectivity index is 1.73. The largest absolute Gasteiger partial charge is 0.448 e. The van der Waals surface area contributed by atoms with Crippen molar-refractivity contribution in [2.45, 2.75) is 19.4 Å². The van der Waals surface area contributed by atoms with Crippen molar-refractivity contribution in [2.75, 3.05) is 5.32 Å². The van der Waals surface area contributed by atoms with Crippen molar-refractivity contribution >= 4 is 34.9 Å². The smallest absolute Gasteiger partial charge is 0.339 e. The number of halogens is 1. The van der Waals surface area contributed by atoms with Crippen LogP contribution in [-0.2, 0) is 16.0 Å². The summed E-state index contributed by atoms with van der Waals surface area (Å²) in [5.41, 5.74) is 2.20. The Morgan fingerprint density at radius 1 is 1.17 bits per heavy atom. The van der Waals surface area contributed by atoms with Crippen LogP contribution in [0, 0.1) is 0 Å². The van der Waals surface area contributed by atoms with Crippen LogP contribution in [0.4, 0.5) is 5.69 Å². The second kappa shape index (κ2) is 6.45. The number of Topliss-reactive ketones (excluding diaryl/α,β-unsaturated/α-hetero) is 1. The summed E-state index contributed by atoms with van der Waals surface area (Å²) in [5, 5.41) is 3.13. The molecule has 3 rings (SSSR count). The number of ketones is 1. The molecule has 5 nitrogen and oxygen atoms in total. The van der Waals surface area contributed by atoms with Gasteiger partial charge in [-0.1, -0.05) is 17.7 Å². The van der Waals surface area contributed by atoms with Crippen LogP contribution in [0.2, 0.25) is 5.02 Å². The van der Waals surface area contributed by atoms with E-state index in [4.69, 9.17) is 16.3 Å². The molecule has 6 heteroatoms. The van der Waals surface area contributed by atoms with Crippen molar-refractivity contribution in [3.63, 3.8) is 0 Å². The molecular formula is C18H14ClNO4. The number of nitrogens with one attached hydrogen (secondary N) is 1. The number of fused-ring (bicyclic) bond motifs is 1. The number of esters is 1. The van der Waals surface area contributed by atoms with Crippen LogP contribution in [-0.4, -0.2) is 23.8 Å². The van der Waals surface area contributed by atoms with Crippen molar-refractivity contribution in [3.8, 4) is 0 Å². The summed E-state index contributed by atoms with van der Waals surface area (Å²) in [6, 6.07) is 11.5. The normalized spacial score (nSPS) is 16.1. The van der Waals surface area contributed by atoms with Crippen LogP contribution in [0.25, 0.3) is 0 Å². The number of hydrogen-bond acceptors (Lipinski definition) is 4. The zero-order chi connectivity index (χ0) is 17.3. The number of carbonyl (C=O) groups excluding carboxylic acids is 3. The molecule has 0 fully saturated rings. The standard InChI is InChI=1S/C18H14ClNO4/c1-10(21)11-3-6-14(7-4-11)20-17(22)16-8-12-2-5-13(19)9-15(12)18(23)24-16/h2-7,9,16H,8H2,1H3,(H,20,22). The van der Waals surface area contributed by atoms with Gasteiger partial charge in [-0.3, -0.25) is 9.59 Å². The van der Waals surface area contributed by atoms with E-state index < -0.39 is 18.0 Å². The zero-order valence-corrected chi connectivity index (χ0v) is 13.6. The van der Waals surface area contributed by atoms with E-state index >= 15 is 0 Å². The van der Waals surface area contributed by atoms with E-state index in [9.17, 15) is 14.4 Å². The van der Waals surface area contributed by atoms with Crippen molar-refractivity contribution in [2.24, 2.45) is 0 Å². The van der Waals surface area contributed by atoms with Crippen LogP contribution in [0.15, 0.2) is 42.5 Å². The lowest BCUT2D eigenvalue weighted by Gasteiger charge is -2.24. The summed E-state index contributed by atoms with van der Waals surface area (Å²) in [6.45, 7) is 1.47. The molecule has 1 N–H and O–H groups in total. The van der Waals surface area contributed by atoms with Crippen LogP contribution in [0.5, 0.6) is 0 Å². The maximum atomic E-state index is 12.3. The van der Waals surface area contributed by atoms with Crippen LogP contribution in [0.3, 0.4) is 0 Å². The summed E-state index contributed by atoms with van der Waals surface area (Å²) < 4.78 is 5.20. The van der Waals surface area contributed by atoms with Crippen LogP contribution < -0.4 is 5.32 Å². The van der Waals surface area contributed by atoms with E-state index in [1.165, 1.54) is 13.0 Å². The molecule has 2 aromatic carbocycles. The first-order valence-electron chi connectivity index (χ1n) is 7.35. The Labute approximate surface area is 143 Å². The highest BCUT2D eigenvalue weighted by Crippen LogP contribution is 2.24. The van der Waals surface area contributed by atoms with E-state index in [0.717, 1.165) is 5.56 Å². The molecule has 0 saturated carbocycles. The lowest BCUT2D eigenvalue weighted by atomic mass is 9.98. The fourth-order valence-corrected chi connectivity index (χ4v) is 2.68. The Morgan fingerprint density at radius 3 is 2.54 bits per heavy atom. The first-order valence-corrected chi connectivity index (χ1v) is 7.73. The minimum Gasteiger partial charge on any atom is -0.448 e. The van der Waals surface area contributed by atoms with Crippen molar-refractivity contribution in [1.82, 2.24) is 0 Å². The zero-order valence-electron chi connectivity index (χ0n) is 12.8. The molecule has 2 aromatic rings. The molecule has 122 valence electrons. The molecule has 1 aliphatic heterocycles. The van der Waals surface area contributed by atoms with Crippen LogP contribution in [0.1, 0.15) is 33.2 Å². The van der Waals surface area contributed by atoms with Gasteiger partial charge in [0.05, 0.1) is 5.56 Å². The van der Waals surface area contributed by atoms with Gasteiger partial charge in [0.1, 0.15) is 0 Å².